The van der Waals surface area contributed by atoms with Crippen LogP contribution < -0.4 is 4.74 Å². The molecule has 0 radical (unpaired) electrons. The third-order valence-electron chi connectivity index (χ3n) is 2.41. The highest BCUT2D eigenvalue weighted by Gasteiger charge is 2.08. The fourth-order valence-electron chi connectivity index (χ4n) is 1.58. The number of para-hydroxylation sites is 1. The summed E-state index contributed by atoms with van der Waals surface area (Å²) in [6.45, 7) is 2.39. The van der Waals surface area contributed by atoms with Crippen LogP contribution in [-0.2, 0) is 0 Å². The topological polar surface area (TPSA) is 45.9 Å². The standard InChI is InChI=1S/C14H12N2O/c1-2-3-8-17-14-11(9-15)10-16-13-7-5-4-6-12(13)14/h2-7,10H,8H2,1H3/b3-2+. The molecule has 0 aliphatic rings. The van der Waals surface area contributed by atoms with E-state index in [0.29, 0.717) is 17.9 Å². The van der Waals surface area contributed by atoms with Gasteiger partial charge in [0, 0.05) is 11.6 Å². The maximum absolute atomic E-state index is 9.05. The average molecular weight is 224 g/mol. The van der Waals surface area contributed by atoms with Gasteiger partial charge in [0.1, 0.15) is 24.0 Å². The van der Waals surface area contributed by atoms with Gasteiger partial charge in [0.2, 0.25) is 0 Å². The first kappa shape index (κ1) is 11.2. The van der Waals surface area contributed by atoms with Crippen LogP contribution in [0.1, 0.15) is 12.5 Å². The third-order valence-corrected chi connectivity index (χ3v) is 2.41. The molecule has 0 aliphatic carbocycles. The molecule has 3 heteroatoms. The number of rotatable bonds is 3. The Morgan fingerprint density at radius 2 is 2.24 bits per heavy atom. The Morgan fingerprint density at radius 1 is 1.41 bits per heavy atom. The Kier molecular flexibility index (Phi) is 3.37. The molecule has 0 amide bonds. The summed E-state index contributed by atoms with van der Waals surface area (Å²) in [5.41, 5.74) is 1.30. The van der Waals surface area contributed by atoms with Crippen LogP contribution in [-0.4, -0.2) is 11.6 Å². The van der Waals surface area contributed by atoms with Gasteiger partial charge in [0.05, 0.1) is 5.52 Å². The highest BCUT2D eigenvalue weighted by molar-refractivity contribution is 5.87. The van der Waals surface area contributed by atoms with Crippen molar-refractivity contribution in [2.45, 2.75) is 6.92 Å². The summed E-state index contributed by atoms with van der Waals surface area (Å²) in [5, 5.41) is 9.92. The van der Waals surface area contributed by atoms with Gasteiger partial charge in [-0.05, 0) is 19.1 Å². The summed E-state index contributed by atoms with van der Waals surface area (Å²) >= 11 is 0. The van der Waals surface area contributed by atoms with Crippen LogP contribution in [0.2, 0.25) is 0 Å². The summed E-state index contributed by atoms with van der Waals surface area (Å²) in [7, 11) is 0. The van der Waals surface area contributed by atoms with E-state index in [0.717, 1.165) is 10.9 Å². The molecule has 17 heavy (non-hydrogen) atoms. The summed E-state index contributed by atoms with van der Waals surface area (Å²) in [4.78, 5) is 4.22. The van der Waals surface area contributed by atoms with Crippen molar-refractivity contribution in [2.75, 3.05) is 6.61 Å². The van der Waals surface area contributed by atoms with Crippen molar-refractivity contribution in [3.05, 3.63) is 48.2 Å². The lowest BCUT2D eigenvalue weighted by atomic mass is 10.1. The fraction of sp³-hybridized carbons (Fsp3) is 0.143. The summed E-state index contributed by atoms with van der Waals surface area (Å²) in [6, 6.07) is 9.74. The van der Waals surface area contributed by atoms with Gasteiger partial charge >= 0.3 is 0 Å². The number of hydrogen-bond donors (Lipinski definition) is 0. The van der Waals surface area contributed by atoms with Gasteiger partial charge in [-0.3, -0.25) is 4.98 Å². The molecule has 0 bridgehead atoms. The van der Waals surface area contributed by atoms with E-state index in [1.807, 2.05) is 43.3 Å². The molecular formula is C14H12N2O. The quantitative estimate of drug-likeness (QED) is 0.753. The van der Waals surface area contributed by atoms with Crippen LogP contribution in [0.4, 0.5) is 0 Å². The second-order valence-corrected chi connectivity index (χ2v) is 3.51. The minimum atomic E-state index is 0.458. The predicted octanol–water partition coefficient (Wildman–Crippen LogP) is 3.06. The normalized spacial score (nSPS) is 10.6. The molecule has 0 spiro atoms. The first-order valence-electron chi connectivity index (χ1n) is 5.38. The number of nitrogens with zero attached hydrogens (tertiary/aromatic N) is 2. The van der Waals surface area contributed by atoms with E-state index in [4.69, 9.17) is 10.00 Å². The van der Waals surface area contributed by atoms with Crippen LogP contribution in [0.25, 0.3) is 10.9 Å². The Labute approximate surface area is 100.0 Å². The lowest BCUT2D eigenvalue weighted by Crippen LogP contribution is -1.98. The lowest BCUT2D eigenvalue weighted by Gasteiger charge is -2.08. The first-order valence-corrected chi connectivity index (χ1v) is 5.38. The van der Waals surface area contributed by atoms with Crippen LogP contribution >= 0.6 is 0 Å². The molecule has 84 valence electrons. The lowest BCUT2D eigenvalue weighted by molar-refractivity contribution is 0.366. The van der Waals surface area contributed by atoms with E-state index >= 15 is 0 Å². The zero-order chi connectivity index (χ0) is 12.1. The molecule has 0 atom stereocenters. The van der Waals surface area contributed by atoms with Crippen molar-refractivity contribution < 1.29 is 4.74 Å². The van der Waals surface area contributed by atoms with Gasteiger partial charge < -0.3 is 4.74 Å². The number of hydrogen-bond acceptors (Lipinski definition) is 3. The highest BCUT2D eigenvalue weighted by atomic mass is 16.5. The summed E-state index contributed by atoms with van der Waals surface area (Å²) < 4.78 is 5.63. The van der Waals surface area contributed by atoms with E-state index < -0.39 is 0 Å². The van der Waals surface area contributed by atoms with Gasteiger partial charge in [0.15, 0.2) is 0 Å². The number of pyridine rings is 1. The minimum Gasteiger partial charge on any atom is -0.487 e. The Bertz CT molecular complexity index is 597. The van der Waals surface area contributed by atoms with E-state index in [-0.39, 0.29) is 0 Å². The summed E-state index contributed by atoms with van der Waals surface area (Å²) in [6.07, 6.45) is 5.36. The van der Waals surface area contributed by atoms with Gasteiger partial charge in [0.25, 0.3) is 0 Å². The number of allylic oxidation sites excluding steroid dienone is 1. The molecule has 3 nitrogen and oxygen atoms in total. The smallest absolute Gasteiger partial charge is 0.148 e. The molecule has 0 fully saturated rings. The van der Waals surface area contributed by atoms with E-state index in [1.165, 1.54) is 0 Å². The predicted molar refractivity (Wildman–Crippen MR) is 66.8 cm³/mol. The monoisotopic (exact) mass is 224 g/mol. The number of benzene rings is 1. The van der Waals surface area contributed by atoms with Crippen molar-refractivity contribution >= 4 is 10.9 Å². The molecule has 0 aliphatic heterocycles. The molecule has 0 N–H and O–H groups in total. The van der Waals surface area contributed by atoms with Crippen LogP contribution in [0.3, 0.4) is 0 Å². The maximum Gasteiger partial charge on any atom is 0.148 e. The molecule has 1 aromatic heterocycles. The Morgan fingerprint density at radius 3 is 3.00 bits per heavy atom. The van der Waals surface area contributed by atoms with Crippen LogP contribution in [0.5, 0.6) is 5.75 Å². The van der Waals surface area contributed by atoms with Crippen molar-refractivity contribution in [3.63, 3.8) is 0 Å². The van der Waals surface area contributed by atoms with Crippen molar-refractivity contribution in [1.82, 2.24) is 4.98 Å². The maximum atomic E-state index is 9.05. The third kappa shape index (κ3) is 2.26. The molecule has 0 saturated carbocycles. The van der Waals surface area contributed by atoms with Crippen molar-refractivity contribution in [3.8, 4) is 11.8 Å². The Hall–Kier alpha value is -2.34. The molecule has 0 unspecified atom stereocenters. The fourth-order valence-corrected chi connectivity index (χ4v) is 1.58. The largest absolute Gasteiger partial charge is 0.487 e. The second-order valence-electron chi connectivity index (χ2n) is 3.51. The van der Waals surface area contributed by atoms with Crippen molar-refractivity contribution in [1.29, 1.82) is 5.26 Å². The number of fused-ring (bicyclic) bond motifs is 1. The highest BCUT2D eigenvalue weighted by Crippen LogP contribution is 2.27. The van der Waals surface area contributed by atoms with Gasteiger partial charge in [-0.15, -0.1) is 0 Å². The van der Waals surface area contributed by atoms with Gasteiger partial charge in [-0.1, -0.05) is 24.3 Å². The molecular weight excluding hydrogens is 212 g/mol. The number of nitriles is 1. The van der Waals surface area contributed by atoms with Crippen LogP contribution in [0, 0.1) is 11.3 Å². The van der Waals surface area contributed by atoms with Gasteiger partial charge in [-0.2, -0.15) is 5.26 Å². The molecule has 1 heterocycles. The van der Waals surface area contributed by atoms with Gasteiger partial charge in [-0.25, -0.2) is 0 Å². The molecule has 2 aromatic rings. The minimum absolute atomic E-state index is 0.458. The zero-order valence-electron chi connectivity index (χ0n) is 9.55. The molecule has 2 rings (SSSR count). The number of aromatic nitrogens is 1. The number of ether oxygens (including phenoxy) is 1. The summed E-state index contributed by atoms with van der Waals surface area (Å²) in [5.74, 6) is 0.608. The molecule has 0 saturated heterocycles. The van der Waals surface area contributed by atoms with Crippen LogP contribution in [0.15, 0.2) is 42.6 Å². The van der Waals surface area contributed by atoms with Crippen molar-refractivity contribution in [2.24, 2.45) is 0 Å². The van der Waals surface area contributed by atoms with E-state index in [2.05, 4.69) is 11.1 Å². The zero-order valence-corrected chi connectivity index (χ0v) is 9.55. The first-order chi connectivity index (χ1) is 8.36. The Balaban J connectivity index is 2.52. The van der Waals surface area contributed by atoms with E-state index in [1.54, 1.807) is 6.20 Å². The van der Waals surface area contributed by atoms with E-state index in [9.17, 15) is 0 Å². The average Bonchev–Trinajstić information content (AvgIpc) is 2.39. The molecule has 1 aromatic carbocycles. The second kappa shape index (κ2) is 5.13. The SMILES string of the molecule is C/C=C/COc1c(C#N)cnc2ccccc12.